The summed E-state index contributed by atoms with van der Waals surface area (Å²) < 4.78 is 0.731. The highest BCUT2D eigenvalue weighted by atomic mass is 32.1. The summed E-state index contributed by atoms with van der Waals surface area (Å²) in [5.41, 5.74) is 1.54. The predicted octanol–water partition coefficient (Wildman–Crippen LogP) is 3.61. The molecule has 15 heavy (non-hydrogen) atoms. The van der Waals surface area contributed by atoms with E-state index in [2.05, 4.69) is 30.7 Å². The number of nitrogens with zero attached hydrogens (tertiary/aromatic N) is 1. The summed E-state index contributed by atoms with van der Waals surface area (Å²) >= 11 is 5.19. The molecule has 0 saturated heterocycles. The van der Waals surface area contributed by atoms with E-state index >= 15 is 0 Å². The van der Waals surface area contributed by atoms with E-state index in [1.807, 2.05) is 6.07 Å². The first-order valence-electron chi connectivity index (χ1n) is 5.54. The Balaban J connectivity index is 2.27. The number of aromatic nitrogens is 2. The van der Waals surface area contributed by atoms with Crippen molar-refractivity contribution in [1.29, 1.82) is 0 Å². The molecule has 0 radical (unpaired) electrons. The number of hydrogen-bond acceptors (Lipinski definition) is 2. The fourth-order valence-electron chi connectivity index (χ4n) is 1.73. The van der Waals surface area contributed by atoms with Crippen molar-refractivity contribution in [2.45, 2.75) is 46.0 Å². The molecule has 1 aromatic rings. The zero-order chi connectivity index (χ0) is 11.1. The van der Waals surface area contributed by atoms with Gasteiger partial charge in [0.1, 0.15) is 10.5 Å². The van der Waals surface area contributed by atoms with Crippen LogP contribution in [0.25, 0.3) is 0 Å². The lowest BCUT2D eigenvalue weighted by Gasteiger charge is -2.17. The van der Waals surface area contributed by atoms with E-state index in [4.69, 9.17) is 12.2 Å². The highest BCUT2D eigenvalue weighted by molar-refractivity contribution is 7.71. The van der Waals surface area contributed by atoms with Crippen LogP contribution in [0, 0.1) is 10.1 Å². The topological polar surface area (TPSA) is 28.7 Å². The van der Waals surface area contributed by atoms with Crippen LogP contribution in [-0.2, 0) is 6.42 Å². The van der Waals surface area contributed by atoms with Crippen LogP contribution >= 0.6 is 12.2 Å². The van der Waals surface area contributed by atoms with E-state index < -0.39 is 0 Å². The molecule has 0 bridgehead atoms. The van der Waals surface area contributed by atoms with Crippen molar-refractivity contribution in [3.05, 3.63) is 22.2 Å². The molecule has 2 nitrogen and oxygen atoms in total. The Morgan fingerprint density at radius 2 is 2.13 bits per heavy atom. The van der Waals surface area contributed by atoms with Gasteiger partial charge in [-0.3, -0.25) is 0 Å². The first-order chi connectivity index (χ1) is 6.94. The van der Waals surface area contributed by atoms with Gasteiger partial charge in [0.25, 0.3) is 0 Å². The van der Waals surface area contributed by atoms with Crippen molar-refractivity contribution >= 4 is 12.2 Å². The summed E-state index contributed by atoms with van der Waals surface area (Å²) in [4.78, 5) is 7.81. The van der Waals surface area contributed by atoms with Crippen molar-refractivity contribution in [3.63, 3.8) is 0 Å². The summed E-state index contributed by atoms with van der Waals surface area (Å²) in [6.07, 6.45) is 3.55. The first-order valence-corrected chi connectivity index (χ1v) is 5.95. The van der Waals surface area contributed by atoms with Gasteiger partial charge in [-0.1, -0.05) is 33.0 Å². The minimum absolute atomic E-state index is 0.257. The molecule has 1 aliphatic carbocycles. The maximum atomic E-state index is 5.19. The molecule has 0 unspecified atom stereocenters. The Labute approximate surface area is 96.1 Å². The van der Waals surface area contributed by atoms with Crippen LogP contribution in [0.2, 0.25) is 0 Å². The molecule has 1 fully saturated rings. The molecule has 1 heterocycles. The molecule has 1 aliphatic rings. The quantitative estimate of drug-likeness (QED) is 0.774. The van der Waals surface area contributed by atoms with Gasteiger partial charge in [0.05, 0.1) is 0 Å². The van der Waals surface area contributed by atoms with Gasteiger partial charge in [0.2, 0.25) is 0 Å². The van der Waals surface area contributed by atoms with Crippen LogP contribution in [0.4, 0.5) is 0 Å². The molecule has 1 aromatic heterocycles. The highest BCUT2D eigenvalue weighted by Gasteiger charge is 2.25. The molecule has 3 heteroatoms. The lowest BCUT2D eigenvalue weighted by Crippen LogP contribution is -2.12. The van der Waals surface area contributed by atoms with Crippen LogP contribution in [0.15, 0.2) is 6.07 Å². The van der Waals surface area contributed by atoms with Crippen molar-refractivity contribution in [1.82, 2.24) is 9.97 Å². The van der Waals surface area contributed by atoms with Gasteiger partial charge >= 0.3 is 0 Å². The maximum absolute atomic E-state index is 5.19. The monoisotopic (exact) mass is 222 g/mol. The van der Waals surface area contributed by atoms with Gasteiger partial charge in [-0.15, -0.1) is 0 Å². The summed E-state index contributed by atoms with van der Waals surface area (Å²) in [5, 5.41) is 0. The Bertz CT molecular complexity index is 410. The number of aromatic amines is 1. The Morgan fingerprint density at radius 3 is 2.67 bits per heavy atom. The first kappa shape index (κ1) is 10.8. The van der Waals surface area contributed by atoms with Crippen molar-refractivity contribution in [3.8, 4) is 0 Å². The van der Waals surface area contributed by atoms with Crippen LogP contribution < -0.4 is 0 Å². The van der Waals surface area contributed by atoms with E-state index in [0.29, 0.717) is 5.92 Å². The number of nitrogens with one attached hydrogen (secondary N) is 1. The molecule has 1 N–H and O–H groups in total. The third kappa shape index (κ3) is 3.13. The summed E-state index contributed by atoms with van der Waals surface area (Å²) in [6, 6.07) is 2.01. The average Bonchev–Trinajstić information content (AvgIpc) is 2.80. The van der Waals surface area contributed by atoms with E-state index in [1.54, 1.807) is 0 Å². The minimum Gasteiger partial charge on any atom is -0.347 e. The third-order valence-electron chi connectivity index (χ3n) is 2.53. The molecular weight excluding hydrogens is 204 g/mol. The second kappa shape index (κ2) is 3.71. The zero-order valence-electron chi connectivity index (χ0n) is 9.63. The largest absolute Gasteiger partial charge is 0.347 e. The average molecular weight is 222 g/mol. The van der Waals surface area contributed by atoms with E-state index in [0.717, 1.165) is 16.9 Å². The highest BCUT2D eigenvalue weighted by Crippen LogP contribution is 2.39. The van der Waals surface area contributed by atoms with Crippen molar-refractivity contribution in [2.75, 3.05) is 0 Å². The van der Waals surface area contributed by atoms with Crippen LogP contribution in [0.1, 0.15) is 51.0 Å². The Kier molecular flexibility index (Phi) is 2.67. The van der Waals surface area contributed by atoms with Gasteiger partial charge in [-0.2, -0.15) is 0 Å². The molecular formula is C12H18N2S. The molecule has 0 atom stereocenters. The Hall–Kier alpha value is -0.700. The van der Waals surface area contributed by atoms with Gasteiger partial charge in [0, 0.05) is 12.1 Å². The van der Waals surface area contributed by atoms with Gasteiger partial charge < -0.3 is 4.98 Å². The van der Waals surface area contributed by atoms with Crippen LogP contribution in [-0.4, -0.2) is 9.97 Å². The predicted molar refractivity (Wildman–Crippen MR) is 64.6 cm³/mol. The van der Waals surface area contributed by atoms with Crippen molar-refractivity contribution < 1.29 is 0 Å². The molecule has 1 saturated carbocycles. The van der Waals surface area contributed by atoms with Crippen molar-refractivity contribution in [2.24, 2.45) is 5.41 Å². The normalized spacial score (nSPS) is 16.7. The fourth-order valence-corrected chi connectivity index (χ4v) is 1.97. The number of hydrogen-bond donors (Lipinski definition) is 1. The van der Waals surface area contributed by atoms with Crippen LogP contribution in [0.5, 0.6) is 0 Å². The molecule has 0 spiro atoms. The molecule has 0 aromatic carbocycles. The lowest BCUT2D eigenvalue weighted by molar-refractivity contribution is 0.399. The van der Waals surface area contributed by atoms with Gasteiger partial charge in [-0.05, 0) is 30.2 Å². The standard InChI is InChI=1S/C12H18N2S/c1-12(2,3)7-10-13-9(8-4-5-8)6-11(15)14-10/h6,8H,4-5,7H2,1-3H3,(H,13,14,15). The zero-order valence-corrected chi connectivity index (χ0v) is 10.4. The van der Waals surface area contributed by atoms with Gasteiger partial charge in [-0.25, -0.2) is 4.98 Å². The minimum atomic E-state index is 0.257. The van der Waals surface area contributed by atoms with Crippen LogP contribution in [0.3, 0.4) is 0 Å². The number of rotatable bonds is 2. The fraction of sp³-hybridized carbons (Fsp3) is 0.667. The third-order valence-corrected chi connectivity index (χ3v) is 2.74. The summed E-state index contributed by atoms with van der Waals surface area (Å²) in [5.74, 6) is 1.75. The SMILES string of the molecule is CC(C)(C)Cc1nc(=S)cc(C2CC2)[nH]1. The van der Waals surface area contributed by atoms with E-state index in [-0.39, 0.29) is 5.41 Å². The second-order valence-corrected chi connectivity index (χ2v) is 6.05. The summed E-state index contributed by atoms with van der Waals surface area (Å²) in [7, 11) is 0. The molecule has 82 valence electrons. The molecule has 2 rings (SSSR count). The van der Waals surface area contributed by atoms with E-state index in [1.165, 1.54) is 18.5 Å². The van der Waals surface area contributed by atoms with E-state index in [9.17, 15) is 0 Å². The summed E-state index contributed by atoms with van der Waals surface area (Å²) in [6.45, 7) is 6.65. The molecule has 0 amide bonds. The smallest absolute Gasteiger partial charge is 0.129 e. The lowest BCUT2D eigenvalue weighted by atomic mass is 9.92. The second-order valence-electron chi connectivity index (χ2n) is 5.63. The Morgan fingerprint density at radius 1 is 1.47 bits per heavy atom. The van der Waals surface area contributed by atoms with Gasteiger partial charge in [0.15, 0.2) is 0 Å². The number of H-pyrrole nitrogens is 1. The maximum Gasteiger partial charge on any atom is 0.129 e. The molecule has 0 aliphatic heterocycles.